The van der Waals surface area contributed by atoms with Crippen LogP contribution in [0.15, 0.2) is 33.8 Å². The Kier molecular flexibility index (Phi) is 6.00. The van der Waals surface area contributed by atoms with Crippen molar-refractivity contribution >= 4 is 50.5 Å². The molecule has 0 atom stereocenters. The highest BCUT2D eigenvalue weighted by Gasteiger charge is 2.26. The van der Waals surface area contributed by atoms with E-state index in [0.717, 1.165) is 36.6 Å². The van der Waals surface area contributed by atoms with Gasteiger partial charge in [-0.1, -0.05) is 12.8 Å². The van der Waals surface area contributed by atoms with Crippen molar-refractivity contribution in [1.82, 2.24) is 24.4 Å². The van der Waals surface area contributed by atoms with Gasteiger partial charge < -0.3 is 19.9 Å². The lowest BCUT2D eigenvalue weighted by atomic mass is 10.1. The van der Waals surface area contributed by atoms with Gasteiger partial charge in [0, 0.05) is 43.7 Å². The average molecular weight is 589 g/mol. The maximum Gasteiger partial charge on any atom is 0.410 e. The molecular formula is C27H34BrN7O3. The molecule has 5 rings (SSSR count). The minimum absolute atomic E-state index is 0.0789. The third-order valence-electron chi connectivity index (χ3n) is 6.59. The smallest absolute Gasteiger partial charge is 0.410 e. The number of amides is 1. The van der Waals surface area contributed by atoms with E-state index >= 15 is 0 Å². The molecule has 3 aromatic heterocycles. The third-order valence-corrected chi connectivity index (χ3v) is 7.53. The summed E-state index contributed by atoms with van der Waals surface area (Å²) < 4.78 is 41.4. The van der Waals surface area contributed by atoms with Crippen LogP contribution < -0.4 is 15.8 Å². The summed E-state index contributed by atoms with van der Waals surface area (Å²) in [5.74, 6) is 0.689. The minimum Gasteiger partial charge on any atom is -0.444 e. The summed E-state index contributed by atoms with van der Waals surface area (Å²) in [6.07, 6.45) is 6.11. The van der Waals surface area contributed by atoms with Gasteiger partial charge in [0.15, 0.2) is 0 Å². The van der Waals surface area contributed by atoms with E-state index in [-0.39, 0.29) is 30.6 Å². The summed E-state index contributed by atoms with van der Waals surface area (Å²) in [7, 11) is 0. The van der Waals surface area contributed by atoms with Crippen LogP contribution in [0.5, 0.6) is 0 Å². The predicted octanol–water partition coefficient (Wildman–Crippen LogP) is 5.17. The van der Waals surface area contributed by atoms with Crippen molar-refractivity contribution in [2.24, 2.45) is 0 Å². The van der Waals surface area contributed by atoms with Gasteiger partial charge in [0.2, 0.25) is 5.95 Å². The highest BCUT2D eigenvalue weighted by molar-refractivity contribution is 9.10. The highest BCUT2D eigenvalue weighted by atomic mass is 79.9. The van der Waals surface area contributed by atoms with Gasteiger partial charge in [-0.3, -0.25) is 9.36 Å². The van der Waals surface area contributed by atoms with Crippen molar-refractivity contribution in [3.63, 3.8) is 0 Å². The lowest BCUT2D eigenvalue weighted by Gasteiger charge is -2.36. The summed E-state index contributed by atoms with van der Waals surface area (Å²) >= 11 is 3.45. The second kappa shape index (κ2) is 10.5. The fourth-order valence-corrected chi connectivity index (χ4v) is 5.07. The number of fused-ring (bicyclic) bond motifs is 1. The fraction of sp³-hybridized carbons (Fsp3) is 0.519. The van der Waals surface area contributed by atoms with Gasteiger partial charge in [0.25, 0.3) is 5.56 Å². The van der Waals surface area contributed by atoms with Crippen LogP contribution in [-0.4, -0.2) is 62.2 Å². The van der Waals surface area contributed by atoms with E-state index in [4.69, 9.17) is 15.2 Å². The van der Waals surface area contributed by atoms with Gasteiger partial charge >= 0.3 is 6.09 Å². The van der Waals surface area contributed by atoms with Gasteiger partial charge in [0.1, 0.15) is 17.1 Å². The number of halogens is 1. The first-order chi connectivity index (χ1) is 19.6. The summed E-state index contributed by atoms with van der Waals surface area (Å²) in [6, 6.07) is 3.42. The molecule has 1 saturated heterocycles. The standard InChI is InChI=1S/C27H34BrN7O3/c1-17-20-16-30-25(32-23(20)35(24(36)22(17)28)18-7-5-6-8-18)31-21-10-9-19(15-29-21)33-11-13-34(14-12-33)26(37)38-27(2,3)4/h9-10,15-16,18H,5-8,11-14H2,1-4H3,(H,29,30,31,32)/i13D2,14D2. The molecule has 1 amide bonds. The van der Waals surface area contributed by atoms with Crippen LogP contribution in [-0.2, 0) is 4.74 Å². The first-order valence-electron chi connectivity index (χ1n) is 14.7. The Bertz CT molecular complexity index is 1550. The summed E-state index contributed by atoms with van der Waals surface area (Å²) in [5.41, 5.74) is 0.822. The van der Waals surface area contributed by atoms with E-state index in [1.165, 1.54) is 11.1 Å². The zero-order chi connectivity index (χ0) is 30.6. The number of aromatic nitrogens is 4. The summed E-state index contributed by atoms with van der Waals surface area (Å²) in [5, 5.41) is 3.87. The zero-order valence-corrected chi connectivity index (χ0v) is 23.5. The first-order valence-corrected chi connectivity index (χ1v) is 13.5. The Balaban J connectivity index is 1.37. The predicted molar refractivity (Wildman–Crippen MR) is 151 cm³/mol. The van der Waals surface area contributed by atoms with Crippen molar-refractivity contribution < 1.29 is 15.0 Å². The van der Waals surface area contributed by atoms with E-state index in [1.807, 2.05) is 6.92 Å². The van der Waals surface area contributed by atoms with E-state index < -0.39 is 24.7 Å². The van der Waals surface area contributed by atoms with Crippen LogP contribution in [0.3, 0.4) is 0 Å². The molecule has 0 bridgehead atoms. The topological polar surface area (TPSA) is 105 Å². The van der Waals surface area contributed by atoms with Crippen LogP contribution in [0.2, 0.25) is 0 Å². The Labute approximate surface area is 236 Å². The van der Waals surface area contributed by atoms with Gasteiger partial charge in [-0.15, -0.1) is 0 Å². The number of aryl methyl sites for hydroxylation is 1. The van der Waals surface area contributed by atoms with E-state index in [0.29, 0.717) is 26.5 Å². The number of nitrogens with one attached hydrogen (secondary N) is 1. The van der Waals surface area contributed by atoms with Gasteiger partial charge in [0.05, 0.1) is 21.8 Å². The number of hydrogen-bond donors (Lipinski definition) is 1. The molecule has 0 unspecified atom stereocenters. The summed E-state index contributed by atoms with van der Waals surface area (Å²) in [6.45, 7) is 1.55. The summed E-state index contributed by atoms with van der Waals surface area (Å²) in [4.78, 5) is 41.5. The normalized spacial score (nSPS) is 21.0. The molecule has 0 radical (unpaired) electrons. The molecule has 1 aliphatic heterocycles. The highest BCUT2D eigenvalue weighted by Crippen LogP contribution is 2.32. The molecule has 11 heteroatoms. The van der Waals surface area contributed by atoms with E-state index in [1.54, 1.807) is 43.7 Å². The van der Waals surface area contributed by atoms with Crippen LogP contribution in [0.25, 0.3) is 11.0 Å². The largest absolute Gasteiger partial charge is 0.444 e. The second-order valence-corrected chi connectivity index (χ2v) is 11.3. The molecule has 2 fully saturated rings. The average Bonchev–Trinajstić information content (AvgIpc) is 3.40. The molecule has 2 aliphatic rings. The van der Waals surface area contributed by atoms with Gasteiger partial charge in [-0.2, -0.15) is 4.98 Å². The number of ether oxygens (including phenoxy) is 1. The maximum atomic E-state index is 13.2. The van der Waals surface area contributed by atoms with E-state index in [2.05, 4.69) is 31.2 Å². The molecule has 0 aromatic carbocycles. The molecule has 202 valence electrons. The molecule has 10 nitrogen and oxygen atoms in total. The lowest BCUT2D eigenvalue weighted by molar-refractivity contribution is 0.0240. The zero-order valence-electron chi connectivity index (χ0n) is 25.9. The van der Waals surface area contributed by atoms with Crippen LogP contribution in [0, 0.1) is 6.92 Å². The monoisotopic (exact) mass is 587 g/mol. The molecule has 4 heterocycles. The number of rotatable bonds is 4. The van der Waals surface area contributed by atoms with Crippen molar-refractivity contribution in [1.29, 1.82) is 0 Å². The number of nitrogens with zero attached hydrogens (tertiary/aromatic N) is 6. The Morgan fingerprint density at radius 2 is 1.87 bits per heavy atom. The van der Waals surface area contributed by atoms with Crippen LogP contribution in [0.4, 0.5) is 22.2 Å². The Morgan fingerprint density at radius 1 is 1.16 bits per heavy atom. The van der Waals surface area contributed by atoms with Crippen molar-refractivity contribution in [2.45, 2.75) is 65.0 Å². The fourth-order valence-electron chi connectivity index (χ4n) is 4.67. The minimum atomic E-state index is -2.35. The van der Waals surface area contributed by atoms with E-state index in [9.17, 15) is 9.59 Å². The van der Waals surface area contributed by atoms with Crippen LogP contribution >= 0.6 is 15.9 Å². The maximum absolute atomic E-state index is 13.2. The van der Waals surface area contributed by atoms with Crippen LogP contribution in [0.1, 0.15) is 63.5 Å². The molecule has 1 aliphatic carbocycles. The number of piperazine rings is 1. The molecule has 38 heavy (non-hydrogen) atoms. The first kappa shape index (κ1) is 21.7. The van der Waals surface area contributed by atoms with Crippen molar-refractivity contribution in [2.75, 3.05) is 36.3 Å². The lowest BCUT2D eigenvalue weighted by Crippen LogP contribution is -2.50. The van der Waals surface area contributed by atoms with Gasteiger partial charge in [-0.05, 0) is 74.2 Å². The SMILES string of the molecule is [2H]C1([2H])CN(c2ccc(Nc3ncc4c(C)c(Br)c(=O)n(C5CCCC5)c4n3)nc2)CC([2H])([2H])N1C(=O)OC(C)(C)C. The number of carbonyl (C=O) groups is 1. The Hall–Kier alpha value is -3.21. The number of carbonyl (C=O) groups excluding carboxylic acids is 1. The molecule has 1 saturated carbocycles. The second-order valence-electron chi connectivity index (χ2n) is 10.5. The number of anilines is 3. The Morgan fingerprint density at radius 3 is 2.50 bits per heavy atom. The number of pyridine rings is 2. The van der Waals surface area contributed by atoms with Crippen molar-refractivity contribution in [3.05, 3.63) is 44.9 Å². The third kappa shape index (κ3) is 5.48. The number of hydrogen-bond acceptors (Lipinski definition) is 8. The molecule has 0 spiro atoms. The molecule has 3 aromatic rings. The van der Waals surface area contributed by atoms with Crippen molar-refractivity contribution in [3.8, 4) is 0 Å². The van der Waals surface area contributed by atoms with Gasteiger partial charge in [-0.25, -0.2) is 14.8 Å². The molecular weight excluding hydrogens is 550 g/mol. The quantitative estimate of drug-likeness (QED) is 0.445. The molecule has 1 N–H and O–H groups in total.